The Bertz CT molecular complexity index is 393. The first-order chi connectivity index (χ1) is 9.47. The molecular formula is C15H22F3NS. The molecule has 1 aromatic carbocycles. The van der Waals surface area contributed by atoms with Crippen LogP contribution in [0.15, 0.2) is 24.3 Å². The molecule has 1 rings (SSSR count). The lowest BCUT2D eigenvalue weighted by Gasteiger charge is -2.18. The number of thioether (sulfide) groups is 1. The quantitative estimate of drug-likeness (QED) is 0.716. The van der Waals surface area contributed by atoms with Crippen molar-refractivity contribution in [2.45, 2.75) is 38.9 Å². The first-order valence-corrected chi connectivity index (χ1v) is 8.10. The van der Waals surface area contributed by atoms with E-state index >= 15 is 0 Å². The molecule has 0 aliphatic rings. The summed E-state index contributed by atoms with van der Waals surface area (Å²) in [6, 6.07) is 5.86. The molecule has 5 heteroatoms. The third-order valence-electron chi connectivity index (χ3n) is 2.90. The fraction of sp³-hybridized carbons (Fsp3) is 0.600. The van der Waals surface area contributed by atoms with Crippen molar-refractivity contribution >= 4 is 11.8 Å². The summed E-state index contributed by atoms with van der Waals surface area (Å²) in [5.41, 5.74) is 0.175. The van der Waals surface area contributed by atoms with Crippen molar-refractivity contribution in [1.29, 1.82) is 0 Å². The smallest absolute Gasteiger partial charge is 0.313 e. The van der Waals surface area contributed by atoms with Crippen LogP contribution in [0.5, 0.6) is 0 Å². The Morgan fingerprint density at radius 2 is 2.00 bits per heavy atom. The van der Waals surface area contributed by atoms with Gasteiger partial charge in [-0.15, -0.1) is 0 Å². The van der Waals surface area contributed by atoms with Crippen LogP contribution in [0, 0.1) is 0 Å². The van der Waals surface area contributed by atoms with Gasteiger partial charge in [-0.05, 0) is 36.8 Å². The molecule has 1 atom stereocenters. The lowest BCUT2D eigenvalue weighted by atomic mass is 10.0. The number of alkyl halides is 3. The van der Waals surface area contributed by atoms with Crippen LogP contribution in [-0.4, -0.2) is 24.1 Å². The van der Waals surface area contributed by atoms with Crippen LogP contribution in [0.3, 0.4) is 0 Å². The first kappa shape index (κ1) is 17.4. The highest BCUT2D eigenvalue weighted by Crippen LogP contribution is 2.29. The van der Waals surface area contributed by atoms with Crippen LogP contribution < -0.4 is 5.32 Å². The monoisotopic (exact) mass is 305 g/mol. The maximum atomic E-state index is 12.7. The van der Waals surface area contributed by atoms with E-state index in [1.807, 2.05) is 18.7 Å². The van der Waals surface area contributed by atoms with E-state index < -0.39 is 11.7 Å². The molecule has 0 fully saturated rings. The van der Waals surface area contributed by atoms with Gasteiger partial charge in [0.25, 0.3) is 0 Å². The molecule has 1 nitrogen and oxygen atoms in total. The average Bonchev–Trinajstić information content (AvgIpc) is 2.38. The van der Waals surface area contributed by atoms with Crippen LogP contribution >= 0.6 is 11.8 Å². The molecule has 0 aliphatic heterocycles. The largest absolute Gasteiger partial charge is 0.416 e. The summed E-state index contributed by atoms with van der Waals surface area (Å²) in [6.45, 7) is 4.97. The molecule has 114 valence electrons. The van der Waals surface area contributed by atoms with Crippen LogP contribution in [0.2, 0.25) is 0 Å². The molecule has 0 bridgehead atoms. The van der Waals surface area contributed by atoms with Crippen molar-refractivity contribution in [3.63, 3.8) is 0 Å². The standard InChI is InChI=1S/C15H22F3NS/c1-3-8-20-11-14(19-4-2)10-12-6-5-7-13(9-12)15(16,17)18/h5-7,9,14,19H,3-4,8,10-11H2,1-2H3. The zero-order valence-electron chi connectivity index (χ0n) is 12.0. The molecule has 0 amide bonds. The molecule has 20 heavy (non-hydrogen) atoms. The summed E-state index contributed by atoms with van der Waals surface area (Å²) in [5, 5.41) is 3.35. The molecule has 0 aliphatic carbocycles. The van der Waals surface area contributed by atoms with E-state index in [2.05, 4.69) is 12.2 Å². The molecule has 0 saturated carbocycles. The van der Waals surface area contributed by atoms with Gasteiger partial charge in [-0.25, -0.2) is 0 Å². The van der Waals surface area contributed by atoms with Crippen LogP contribution in [0.4, 0.5) is 13.2 Å². The topological polar surface area (TPSA) is 12.0 Å². The zero-order chi connectivity index (χ0) is 15.0. The minimum atomic E-state index is -4.26. The van der Waals surface area contributed by atoms with Gasteiger partial charge < -0.3 is 5.32 Å². The number of benzene rings is 1. The van der Waals surface area contributed by atoms with Crippen LogP contribution in [-0.2, 0) is 12.6 Å². The van der Waals surface area contributed by atoms with E-state index in [9.17, 15) is 13.2 Å². The highest BCUT2D eigenvalue weighted by Gasteiger charge is 2.30. The Morgan fingerprint density at radius 1 is 1.25 bits per heavy atom. The Hall–Kier alpha value is -0.680. The highest BCUT2D eigenvalue weighted by atomic mass is 32.2. The Labute approximate surface area is 123 Å². The van der Waals surface area contributed by atoms with Crippen LogP contribution in [0.1, 0.15) is 31.4 Å². The predicted octanol–water partition coefficient (Wildman–Crippen LogP) is 4.37. The molecule has 0 aromatic heterocycles. The van der Waals surface area contributed by atoms with Gasteiger partial charge in [-0.3, -0.25) is 0 Å². The van der Waals surface area contributed by atoms with Crippen molar-refractivity contribution in [3.05, 3.63) is 35.4 Å². The average molecular weight is 305 g/mol. The number of halogens is 3. The second-order valence-electron chi connectivity index (χ2n) is 4.73. The second-order valence-corrected chi connectivity index (χ2v) is 5.88. The lowest BCUT2D eigenvalue weighted by Crippen LogP contribution is -2.33. The fourth-order valence-corrected chi connectivity index (χ4v) is 2.98. The number of rotatable bonds is 8. The summed E-state index contributed by atoms with van der Waals surface area (Å²) in [7, 11) is 0. The summed E-state index contributed by atoms with van der Waals surface area (Å²) in [6.07, 6.45) is -2.51. The minimum absolute atomic E-state index is 0.222. The van der Waals surface area contributed by atoms with E-state index in [0.29, 0.717) is 6.42 Å². The summed E-state index contributed by atoms with van der Waals surface area (Å²) < 4.78 is 38.0. The molecule has 1 unspecified atom stereocenters. The zero-order valence-corrected chi connectivity index (χ0v) is 12.8. The fourth-order valence-electron chi connectivity index (χ4n) is 2.01. The summed E-state index contributed by atoms with van der Waals surface area (Å²) >= 11 is 1.85. The van der Waals surface area contributed by atoms with Crippen molar-refractivity contribution in [1.82, 2.24) is 5.32 Å². The molecule has 0 saturated heterocycles. The molecule has 0 heterocycles. The van der Waals surface area contributed by atoms with Gasteiger partial charge in [0, 0.05) is 11.8 Å². The third kappa shape index (κ3) is 6.18. The maximum Gasteiger partial charge on any atom is 0.416 e. The lowest BCUT2D eigenvalue weighted by molar-refractivity contribution is -0.137. The third-order valence-corrected chi connectivity index (χ3v) is 4.23. The van der Waals surface area contributed by atoms with E-state index in [1.165, 1.54) is 12.1 Å². The first-order valence-electron chi connectivity index (χ1n) is 6.94. The van der Waals surface area contributed by atoms with Crippen LogP contribution in [0.25, 0.3) is 0 Å². The Kier molecular flexibility index (Phi) is 7.45. The second kappa shape index (κ2) is 8.57. The van der Waals surface area contributed by atoms with Crippen molar-refractivity contribution < 1.29 is 13.2 Å². The van der Waals surface area contributed by atoms with Gasteiger partial charge in [-0.2, -0.15) is 24.9 Å². The SMILES string of the molecule is CCCSCC(Cc1cccc(C(F)(F)F)c1)NCC. The molecular weight excluding hydrogens is 283 g/mol. The molecule has 0 spiro atoms. The Balaban J connectivity index is 2.67. The van der Waals surface area contributed by atoms with E-state index in [0.717, 1.165) is 36.1 Å². The van der Waals surface area contributed by atoms with Gasteiger partial charge in [0.05, 0.1) is 5.56 Å². The number of hydrogen-bond acceptors (Lipinski definition) is 2. The molecule has 1 N–H and O–H groups in total. The molecule has 0 radical (unpaired) electrons. The maximum absolute atomic E-state index is 12.7. The van der Waals surface area contributed by atoms with Gasteiger partial charge in [0.1, 0.15) is 0 Å². The van der Waals surface area contributed by atoms with E-state index in [4.69, 9.17) is 0 Å². The number of likely N-dealkylation sites (N-methyl/N-ethyl adjacent to an activating group) is 1. The van der Waals surface area contributed by atoms with Gasteiger partial charge in [-0.1, -0.05) is 32.0 Å². The van der Waals surface area contributed by atoms with Gasteiger partial charge in [0.15, 0.2) is 0 Å². The highest BCUT2D eigenvalue weighted by molar-refractivity contribution is 7.99. The summed E-state index contributed by atoms with van der Waals surface area (Å²) in [5.74, 6) is 2.02. The van der Waals surface area contributed by atoms with Gasteiger partial charge in [0.2, 0.25) is 0 Å². The Morgan fingerprint density at radius 3 is 2.60 bits per heavy atom. The normalized spacial score (nSPS) is 13.4. The minimum Gasteiger partial charge on any atom is -0.313 e. The van der Waals surface area contributed by atoms with Crippen molar-refractivity contribution in [2.75, 3.05) is 18.1 Å². The van der Waals surface area contributed by atoms with Crippen molar-refractivity contribution in [2.24, 2.45) is 0 Å². The predicted molar refractivity (Wildman–Crippen MR) is 80.2 cm³/mol. The molecule has 1 aromatic rings. The van der Waals surface area contributed by atoms with Gasteiger partial charge >= 0.3 is 6.18 Å². The number of hydrogen-bond donors (Lipinski definition) is 1. The summed E-state index contributed by atoms with van der Waals surface area (Å²) in [4.78, 5) is 0. The number of nitrogens with one attached hydrogen (secondary N) is 1. The van der Waals surface area contributed by atoms with Crippen molar-refractivity contribution in [3.8, 4) is 0 Å². The van der Waals surface area contributed by atoms with E-state index in [1.54, 1.807) is 6.07 Å². The van der Waals surface area contributed by atoms with E-state index in [-0.39, 0.29) is 6.04 Å².